The van der Waals surface area contributed by atoms with Crippen LogP contribution in [-0.2, 0) is 19.6 Å². The number of imide groups is 1. The second-order valence-corrected chi connectivity index (χ2v) is 9.87. The molecule has 2 N–H and O–H groups in total. The lowest BCUT2D eigenvalue weighted by atomic mass is 10.2. The summed E-state index contributed by atoms with van der Waals surface area (Å²) in [6.45, 7) is 2.14. The number of benzene rings is 1. The van der Waals surface area contributed by atoms with E-state index in [2.05, 4.69) is 10.6 Å². The molecule has 3 amide bonds. The molecule has 2 fully saturated rings. The number of carbonyl (C=O) groups is 3. The summed E-state index contributed by atoms with van der Waals surface area (Å²) < 4.78 is 37.6. The minimum Gasteiger partial charge on any atom is -0.495 e. The normalized spacial score (nSPS) is 18.2. The monoisotopic (exact) mass is 467 g/mol. The fourth-order valence-electron chi connectivity index (χ4n) is 3.86. The van der Waals surface area contributed by atoms with Gasteiger partial charge in [-0.2, -0.15) is 4.31 Å². The van der Waals surface area contributed by atoms with Crippen LogP contribution in [0.5, 0.6) is 5.75 Å². The van der Waals surface area contributed by atoms with Crippen molar-refractivity contribution in [2.45, 2.75) is 62.5 Å². The van der Waals surface area contributed by atoms with Gasteiger partial charge in [-0.1, -0.05) is 12.8 Å². The summed E-state index contributed by atoms with van der Waals surface area (Å²) in [4.78, 5) is 36.6. The fourth-order valence-corrected chi connectivity index (χ4v) is 5.56. The Balaban J connectivity index is 1.66. The standard InChI is InChI=1S/C21H29N3O7S/c1-14(19(25)23-21(27)22-16-7-3-4-8-16)31-20(26)15-9-10-17(30-2)18(13-15)32(28,29)24-11-5-6-12-24/h9-10,13-14,16H,3-8,11-12H2,1-2H3,(H2,22,23,25,27). The topological polar surface area (TPSA) is 131 Å². The molecule has 10 nitrogen and oxygen atoms in total. The second kappa shape index (κ2) is 10.3. The number of esters is 1. The number of nitrogens with zero attached hydrogens (tertiary/aromatic N) is 1. The molecule has 0 bridgehead atoms. The molecule has 1 aromatic rings. The van der Waals surface area contributed by atoms with Gasteiger partial charge in [-0.15, -0.1) is 0 Å². The van der Waals surface area contributed by atoms with E-state index in [-0.39, 0.29) is 22.3 Å². The highest BCUT2D eigenvalue weighted by Gasteiger charge is 2.31. The van der Waals surface area contributed by atoms with Crippen LogP contribution in [0.15, 0.2) is 23.1 Å². The third-order valence-corrected chi connectivity index (χ3v) is 7.58. The second-order valence-electron chi connectivity index (χ2n) is 7.97. The maximum Gasteiger partial charge on any atom is 0.338 e. The molecule has 0 radical (unpaired) electrons. The zero-order valence-corrected chi connectivity index (χ0v) is 19.1. The van der Waals surface area contributed by atoms with Crippen LogP contribution < -0.4 is 15.4 Å². The van der Waals surface area contributed by atoms with Gasteiger partial charge in [0.1, 0.15) is 10.6 Å². The van der Waals surface area contributed by atoms with Gasteiger partial charge in [0.25, 0.3) is 5.91 Å². The number of sulfonamides is 1. The largest absolute Gasteiger partial charge is 0.495 e. The van der Waals surface area contributed by atoms with E-state index in [1.807, 2.05) is 0 Å². The van der Waals surface area contributed by atoms with Crippen molar-refractivity contribution in [1.82, 2.24) is 14.9 Å². The van der Waals surface area contributed by atoms with Gasteiger partial charge in [0, 0.05) is 19.1 Å². The van der Waals surface area contributed by atoms with Crippen LogP contribution in [0.3, 0.4) is 0 Å². The number of amides is 3. The van der Waals surface area contributed by atoms with Crippen LogP contribution >= 0.6 is 0 Å². The van der Waals surface area contributed by atoms with E-state index >= 15 is 0 Å². The molecule has 176 valence electrons. The van der Waals surface area contributed by atoms with Gasteiger partial charge in [-0.05, 0) is 50.8 Å². The smallest absolute Gasteiger partial charge is 0.338 e. The lowest BCUT2D eigenvalue weighted by molar-refractivity contribution is -0.127. The molecule has 1 atom stereocenters. The third-order valence-electron chi connectivity index (χ3n) is 5.66. The quantitative estimate of drug-likeness (QED) is 0.585. The van der Waals surface area contributed by atoms with E-state index in [0.717, 1.165) is 38.5 Å². The van der Waals surface area contributed by atoms with Gasteiger partial charge in [0.15, 0.2) is 6.10 Å². The zero-order valence-electron chi connectivity index (χ0n) is 18.3. The van der Waals surface area contributed by atoms with Crippen molar-refractivity contribution in [2.75, 3.05) is 20.2 Å². The lowest BCUT2D eigenvalue weighted by Gasteiger charge is -2.19. The minimum absolute atomic E-state index is 0.0379. The number of ether oxygens (including phenoxy) is 2. The average Bonchev–Trinajstić information content (AvgIpc) is 3.47. The van der Waals surface area contributed by atoms with E-state index in [1.54, 1.807) is 0 Å². The van der Waals surface area contributed by atoms with Crippen molar-refractivity contribution in [3.8, 4) is 5.75 Å². The molecule has 3 rings (SSSR count). The molecule has 32 heavy (non-hydrogen) atoms. The molecule has 1 aromatic carbocycles. The molecule has 0 spiro atoms. The Kier molecular flexibility index (Phi) is 7.73. The van der Waals surface area contributed by atoms with Crippen LogP contribution in [-0.4, -0.2) is 63.0 Å². The van der Waals surface area contributed by atoms with Crippen LogP contribution in [0, 0.1) is 0 Å². The Bertz CT molecular complexity index is 968. The van der Waals surface area contributed by atoms with E-state index in [0.29, 0.717) is 13.1 Å². The number of nitrogens with one attached hydrogen (secondary N) is 2. The predicted octanol–water partition coefficient (Wildman–Crippen LogP) is 1.79. The van der Waals surface area contributed by atoms with Crippen molar-refractivity contribution in [1.29, 1.82) is 0 Å². The van der Waals surface area contributed by atoms with Gasteiger partial charge < -0.3 is 14.8 Å². The Hall–Kier alpha value is -2.66. The third kappa shape index (κ3) is 5.57. The summed E-state index contributed by atoms with van der Waals surface area (Å²) in [5.41, 5.74) is -0.0429. The highest BCUT2D eigenvalue weighted by atomic mass is 32.2. The SMILES string of the molecule is COc1ccc(C(=O)OC(C)C(=O)NC(=O)NC2CCCC2)cc1S(=O)(=O)N1CCCC1. The van der Waals surface area contributed by atoms with Gasteiger partial charge in [0.05, 0.1) is 12.7 Å². The molecule has 2 aliphatic rings. The van der Waals surface area contributed by atoms with E-state index in [4.69, 9.17) is 9.47 Å². The van der Waals surface area contributed by atoms with E-state index in [1.165, 1.54) is 36.5 Å². The number of hydrogen-bond donors (Lipinski definition) is 2. The van der Waals surface area contributed by atoms with Gasteiger partial charge in [0.2, 0.25) is 10.0 Å². The zero-order chi connectivity index (χ0) is 23.3. The maximum atomic E-state index is 13.0. The van der Waals surface area contributed by atoms with Crippen LogP contribution in [0.4, 0.5) is 4.79 Å². The van der Waals surface area contributed by atoms with Crippen molar-refractivity contribution in [2.24, 2.45) is 0 Å². The van der Waals surface area contributed by atoms with Gasteiger partial charge >= 0.3 is 12.0 Å². The van der Waals surface area contributed by atoms with Crippen LogP contribution in [0.25, 0.3) is 0 Å². The highest BCUT2D eigenvalue weighted by Crippen LogP contribution is 2.30. The van der Waals surface area contributed by atoms with E-state index < -0.39 is 34.0 Å². The summed E-state index contributed by atoms with van der Waals surface area (Å²) in [5.74, 6) is -1.54. The number of carbonyl (C=O) groups excluding carboxylic acids is 3. The van der Waals surface area contributed by atoms with E-state index in [9.17, 15) is 22.8 Å². The molecule has 1 saturated carbocycles. The Morgan fingerprint density at radius 3 is 2.38 bits per heavy atom. The van der Waals surface area contributed by atoms with Crippen molar-refractivity contribution in [3.63, 3.8) is 0 Å². The van der Waals surface area contributed by atoms with Gasteiger partial charge in [-0.25, -0.2) is 18.0 Å². The van der Waals surface area contributed by atoms with Crippen molar-refractivity contribution in [3.05, 3.63) is 23.8 Å². The first kappa shape index (κ1) is 24.0. The number of hydrogen-bond acceptors (Lipinski definition) is 7. The summed E-state index contributed by atoms with van der Waals surface area (Å²) in [6, 6.07) is 3.33. The Morgan fingerprint density at radius 1 is 1.09 bits per heavy atom. The number of methoxy groups -OCH3 is 1. The highest BCUT2D eigenvalue weighted by molar-refractivity contribution is 7.89. The van der Waals surface area contributed by atoms with Crippen LogP contribution in [0.1, 0.15) is 55.8 Å². The first-order valence-electron chi connectivity index (χ1n) is 10.7. The molecule has 1 heterocycles. The molecule has 0 aromatic heterocycles. The molecule has 1 unspecified atom stereocenters. The van der Waals surface area contributed by atoms with Crippen molar-refractivity contribution < 1.29 is 32.3 Å². The summed E-state index contributed by atoms with van der Waals surface area (Å²) in [6.07, 6.45) is 4.08. The fraction of sp³-hybridized carbons (Fsp3) is 0.571. The number of urea groups is 1. The maximum absolute atomic E-state index is 13.0. The lowest BCUT2D eigenvalue weighted by Crippen LogP contribution is -2.47. The first-order chi connectivity index (χ1) is 15.2. The Labute approximate surface area is 187 Å². The molecule has 11 heteroatoms. The average molecular weight is 468 g/mol. The molecule has 1 saturated heterocycles. The summed E-state index contributed by atoms with van der Waals surface area (Å²) in [7, 11) is -2.49. The summed E-state index contributed by atoms with van der Waals surface area (Å²) >= 11 is 0. The number of rotatable bonds is 7. The van der Waals surface area contributed by atoms with Crippen LogP contribution in [0.2, 0.25) is 0 Å². The molecular weight excluding hydrogens is 438 g/mol. The van der Waals surface area contributed by atoms with Gasteiger partial charge in [-0.3, -0.25) is 10.1 Å². The predicted molar refractivity (Wildman–Crippen MR) is 115 cm³/mol. The first-order valence-corrected chi connectivity index (χ1v) is 12.2. The summed E-state index contributed by atoms with van der Waals surface area (Å²) in [5, 5.41) is 4.88. The van der Waals surface area contributed by atoms with Crippen molar-refractivity contribution >= 4 is 27.9 Å². The minimum atomic E-state index is -3.84. The Morgan fingerprint density at radius 2 is 1.75 bits per heavy atom. The molecular formula is C21H29N3O7S. The molecule has 1 aliphatic carbocycles. The molecule has 1 aliphatic heterocycles.